The van der Waals surface area contributed by atoms with Gasteiger partial charge >= 0.3 is 0 Å². The number of aryl methyl sites for hydroxylation is 1. The molecule has 0 aliphatic heterocycles. The molecule has 0 amide bonds. The van der Waals surface area contributed by atoms with E-state index >= 15 is 0 Å². The highest BCUT2D eigenvalue weighted by Crippen LogP contribution is 2.25. The summed E-state index contributed by atoms with van der Waals surface area (Å²) in [5.41, 5.74) is 1.31. The van der Waals surface area contributed by atoms with Crippen LogP contribution in [-0.2, 0) is 14.8 Å². The Labute approximate surface area is 129 Å². The Bertz CT molecular complexity index is 742. The van der Waals surface area contributed by atoms with E-state index in [1.165, 1.54) is 18.2 Å². The Morgan fingerprint density at radius 2 is 1.81 bits per heavy atom. The molecule has 6 heteroatoms. The summed E-state index contributed by atoms with van der Waals surface area (Å²) in [5, 5.41) is 0.405. The van der Waals surface area contributed by atoms with Crippen molar-refractivity contribution in [2.24, 2.45) is 0 Å². The van der Waals surface area contributed by atoms with E-state index in [0.29, 0.717) is 17.0 Å². The number of hydrogen-bond acceptors (Lipinski definition) is 3. The standard InChI is InChI=1S/C15H14ClNO3S/c1-12-5-7-15(8-6-12)21(19,20)17(9-10-18)14-4-2-3-13(16)11-14/h2-8,10-11H,9H2,1H3. The summed E-state index contributed by atoms with van der Waals surface area (Å²) in [4.78, 5) is 11.0. The maximum Gasteiger partial charge on any atom is 0.264 e. The zero-order valence-electron chi connectivity index (χ0n) is 11.4. The molecule has 0 saturated carbocycles. The maximum absolute atomic E-state index is 12.7. The van der Waals surface area contributed by atoms with Crippen molar-refractivity contribution in [3.63, 3.8) is 0 Å². The number of benzene rings is 2. The van der Waals surface area contributed by atoms with Crippen LogP contribution in [0.2, 0.25) is 5.02 Å². The van der Waals surface area contributed by atoms with Gasteiger partial charge in [0.05, 0.1) is 17.1 Å². The van der Waals surface area contributed by atoms with E-state index in [4.69, 9.17) is 11.6 Å². The zero-order valence-corrected chi connectivity index (χ0v) is 12.9. The normalized spacial score (nSPS) is 11.1. The fraction of sp³-hybridized carbons (Fsp3) is 0.133. The van der Waals surface area contributed by atoms with Crippen molar-refractivity contribution >= 4 is 33.6 Å². The first kappa shape index (κ1) is 15.5. The average molecular weight is 324 g/mol. The van der Waals surface area contributed by atoms with Crippen molar-refractivity contribution in [1.29, 1.82) is 0 Å². The van der Waals surface area contributed by atoms with Gasteiger partial charge in [0.25, 0.3) is 10.0 Å². The second kappa shape index (κ2) is 6.28. The van der Waals surface area contributed by atoms with Crippen molar-refractivity contribution in [3.05, 3.63) is 59.1 Å². The van der Waals surface area contributed by atoms with Gasteiger partial charge in [0, 0.05) is 5.02 Å². The molecule has 110 valence electrons. The number of rotatable bonds is 5. The highest BCUT2D eigenvalue weighted by Gasteiger charge is 2.24. The third-order valence-electron chi connectivity index (χ3n) is 2.95. The predicted octanol–water partition coefficient (Wildman–Crippen LogP) is 3.04. The minimum absolute atomic E-state index is 0.134. The quantitative estimate of drug-likeness (QED) is 0.795. The van der Waals surface area contributed by atoms with Gasteiger partial charge in [-0.1, -0.05) is 35.4 Å². The van der Waals surface area contributed by atoms with Crippen LogP contribution in [0.4, 0.5) is 5.69 Å². The molecule has 2 rings (SSSR count). The molecule has 0 atom stereocenters. The first-order valence-corrected chi connectivity index (χ1v) is 8.05. The van der Waals surface area contributed by atoms with E-state index in [9.17, 15) is 13.2 Å². The van der Waals surface area contributed by atoms with Gasteiger partial charge in [-0.05, 0) is 37.3 Å². The largest absolute Gasteiger partial charge is 0.301 e. The Morgan fingerprint density at radius 3 is 2.38 bits per heavy atom. The summed E-state index contributed by atoms with van der Waals surface area (Å²) in [6.07, 6.45) is 0.548. The summed E-state index contributed by atoms with van der Waals surface area (Å²) < 4.78 is 26.4. The Balaban J connectivity index is 2.50. The molecular formula is C15H14ClNO3S. The minimum atomic E-state index is -3.81. The number of aldehydes is 1. The van der Waals surface area contributed by atoms with E-state index < -0.39 is 10.0 Å². The van der Waals surface area contributed by atoms with Crippen molar-refractivity contribution in [2.75, 3.05) is 10.8 Å². The molecule has 0 fully saturated rings. The van der Waals surface area contributed by atoms with Crippen LogP contribution in [-0.4, -0.2) is 21.2 Å². The third kappa shape index (κ3) is 3.43. The lowest BCUT2D eigenvalue weighted by Gasteiger charge is -2.22. The number of anilines is 1. The lowest BCUT2D eigenvalue weighted by atomic mass is 10.2. The van der Waals surface area contributed by atoms with Crippen molar-refractivity contribution in [2.45, 2.75) is 11.8 Å². The van der Waals surface area contributed by atoms with Crippen molar-refractivity contribution in [1.82, 2.24) is 0 Å². The van der Waals surface area contributed by atoms with Crippen LogP contribution < -0.4 is 4.31 Å². The van der Waals surface area contributed by atoms with E-state index in [1.54, 1.807) is 30.3 Å². The van der Waals surface area contributed by atoms with E-state index in [2.05, 4.69) is 0 Å². The smallest absolute Gasteiger partial charge is 0.264 e. The molecule has 2 aromatic carbocycles. The molecule has 0 N–H and O–H groups in total. The van der Waals surface area contributed by atoms with E-state index in [0.717, 1.165) is 9.87 Å². The number of hydrogen-bond donors (Lipinski definition) is 0. The van der Waals surface area contributed by atoms with Gasteiger partial charge in [0.2, 0.25) is 0 Å². The highest BCUT2D eigenvalue weighted by atomic mass is 35.5. The second-order valence-corrected chi connectivity index (χ2v) is 6.79. The molecule has 4 nitrogen and oxygen atoms in total. The minimum Gasteiger partial charge on any atom is -0.301 e. The molecule has 0 heterocycles. The van der Waals surface area contributed by atoms with Gasteiger partial charge < -0.3 is 4.79 Å². The maximum atomic E-state index is 12.7. The van der Waals surface area contributed by atoms with Crippen LogP contribution in [0.5, 0.6) is 0 Å². The van der Waals surface area contributed by atoms with Gasteiger partial charge in [-0.2, -0.15) is 0 Å². The number of halogens is 1. The number of sulfonamides is 1. The zero-order chi connectivity index (χ0) is 15.5. The molecule has 0 unspecified atom stereocenters. The molecular weight excluding hydrogens is 310 g/mol. The monoisotopic (exact) mass is 323 g/mol. The Kier molecular flexibility index (Phi) is 4.65. The lowest BCUT2D eigenvalue weighted by molar-refractivity contribution is -0.106. The number of carbonyl (C=O) groups is 1. The summed E-state index contributed by atoms with van der Waals surface area (Å²) in [6.45, 7) is 1.60. The van der Waals surface area contributed by atoms with Crippen molar-refractivity contribution in [3.8, 4) is 0 Å². The fourth-order valence-corrected chi connectivity index (χ4v) is 3.45. The van der Waals surface area contributed by atoms with Crippen LogP contribution in [0.1, 0.15) is 5.56 Å². The first-order chi connectivity index (χ1) is 9.95. The van der Waals surface area contributed by atoms with Gasteiger partial charge in [0.15, 0.2) is 0 Å². The predicted molar refractivity (Wildman–Crippen MR) is 83.2 cm³/mol. The Hall–Kier alpha value is -1.85. The fourth-order valence-electron chi connectivity index (χ4n) is 1.88. The van der Waals surface area contributed by atoms with Gasteiger partial charge in [-0.25, -0.2) is 8.42 Å². The molecule has 0 aliphatic rings. The lowest BCUT2D eigenvalue weighted by Crippen LogP contribution is -2.32. The van der Waals surface area contributed by atoms with Crippen molar-refractivity contribution < 1.29 is 13.2 Å². The molecule has 0 aliphatic carbocycles. The van der Waals surface area contributed by atoms with Gasteiger partial charge in [-0.15, -0.1) is 0 Å². The molecule has 0 spiro atoms. The topological polar surface area (TPSA) is 54.5 Å². The summed E-state index contributed by atoms with van der Waals surface area (Å²) >= 11 is 5.90. The summed E-state index contributed by atoms with van der Waals surface area (Å²) in [5.74, 6) is 0. The van der Waals surface area contributed by atoms with Crippen LogP contribution in [0.15, 0.2) is 53.4 Å². The van der Waals surface area contributed by atoms with E-state index in [-0.39, 0.29) is 11.4 Å². The van der Waals surface area contributed by atoms with Crippen LogP contribution in [0, 0.1) is 6.92 Å². The van der Waals surface area contributed by atoms with Crippen LogP contribution in [0.3, 0.4) is 0 Å². The molecule has 0 aromatic heterocycles. The number of carbonyl (C=O) groups excluding carboxylic acids is 1. The third-order valence-corrected chi connectivity index (χ3v) is 4.99. The Morgan fingerprint density at radius 1 is 1.14 bits per heavy atom. The second-order valence-electron chi connectivity index (χ2n) is 4.50. The van der Waals surface area contributed by atoms with Crippen LogP contribution >= 0.6 is 11.6 Å². The molecule has 0 radical (unpaired) electrons. The average Bonchev–Trinajstić information content (AvgIpc) is 2.45. The van der Waals surface area contributed by atoms with Crippen LogP contribution in [0.25, 0.3) is 0 Å². The van der Waals surface area contributed by atoms with Gasteiger partial charge in [-0.3, -0.25) is 4.31 Å². The first-order valence-electron chi connectivity index (χ1n) is 6.24. The summed E-state index contributed by atoms with van der Waals surface area (Å²) in [7, 11) is -3.81. The van der Waals surface area contributed by atoms with Gasteiger partial charge in [0.1, 0.15) is 6.29 Å². The summed E-state index contributed by atoms with van der Waals surface area (Å²) in [6, 6.07) is 12.9. The molecule has 21 heavy (non-hydrogen) atoms. The number of nitrogens with zero attached hydrogens (tertiary/aromatic N) is 1. The molecule has 0 bridgehead atoms. The molecule has 0 saturated heterocycles. The highest BCUT2D eigenvalue weighted by molar-refractivity contribution is 7.92. The molecule has 2 aromatic rings. The van der Waals surface area contributed by atoms with E-state index in [1.807, 2.05) is 6.92 Å². The SMILES string of the molecule is Cc1ccc(S(=O)(=O)N(CC=O)c2cccc(Cl)c2)cc1.